The Morgan fingerprint density at radius 3 is 2.46 bits per heavy atom. The maximum atomic E-state index is 13.1. The van der Waals surface area contributed by atoms with E-state index in [-0.39, 0.29) is 5.91 Å². The lowest BCUT2D eigenvalue weighted by atomic mass is 10.1. The number of nitrogens with zero attached hydrogens (tertiary/aromatic N) is 4. The quantitative estimate of drug-likeness (QED) is 0.596. The molecule has 2 heterocycles. The average molecular weight is 374 g/mol. The van der Waals surface area contributed by atoms with Crippen molar-refractivity contribution in [3.63, 3.8) is 0 Å². The van der Waals surface area contributed by atoms with Gasteiger partial charge in [0.2, 0.25) is 5.91 Å². The zero-order valence-electron chi connectivity index (χ0n) is 16.5. The van der Waals surface area contributed by atoms with E-state index in [2.05, 4.69) is 47.0 Å². The zero-order chi connectivity index (χ0) is 19.8. The van der Waals surface area contributed by atoms with Crippen molar-refractivity contribution in [3.05, 3.63) is 83.7 Å². The molecule has 0 atom stereocenters. The van der Waals surface area contributed by atoms with Crippen LogP contribution >= 0.6 is 0 Å². The first-order valence-corrected chi connectivity index (χ1v) is 9.65. The topological polar surface area (TPSA) is 59.0 Å². The van der Waals surface area contributed by atoms with Gasteiger partial charge in [-0.25, -0.2) is 9.97 Å². The van der Waals surface area contributed by atoms with Crippen molar-refractivity contribution in [2.75, 3.05) is 11.4 Å². The summed E-state index contributed by atoms with van der Waals surface area (Å²) in [6, 6.07) is 12.0. The lowest BCUT2D eigenvalue weighted by molar-refractivity contribution is -0.118. The molecule has 0 saturated heterocycles. The summed E-state index contributed by atoms with van der Waals surface area (Å²) in [5, 5.41) is 0. The SMILES string of the molecule is Cc1cccc(C)c1N(CCc1ccncn1)C(=O)CCCc1cccnc1. The van der Waals surface area contributed by atoms with Crippen LogP contribution in [0.4, 0.5) is 5.69 Å². The van der Waals surface area contributed by atoms with Crippen molar-refractivity contribution in [1.82, 2.24) is 15.0 Å². The van der Waals surface area contributed by atoms with Crippen molar-refractivity contribution < 1.29 is 4.79 Å². The number of pyridine rings is 1. The molecule has 0 unspecified atom stereocenters. The first-order valence-electron chi connectivity index (χ1n) is 9.65. The van der Waals surface area contributed by atoms with E-state index in [1.807, 2.05) is 29.3 Å². The molecule has 2 aromatic heterocycles. The molecule has 0 aliphatic rings. The predicted molar refractivity (Wildman–Crippen MR) is 111 cm³/mol. The van der Waals surface area contributed by atoms with Crippen LogP contribution in [0.25, 0.3) is 0 Å². The molecule has 0 bridgehead atoms. The number of aromatic nitrogens is 3. The van der Waals surface area contributed by atoms with Gasteiger partial charge in [-0.1, -0.05) is 24.3 Å². The van der Waals surface area contributed by atoms with Crippen LogP contribution in [-0.4, -0.2) is 27.4 Å². The third-order valence-corrected chi connectivity index (χ3v) is 4.82. The fourth-order valence-electron chi connectivity index (χ4n) is 3.41. The van der Waals surface area contributed by atoms with Gasteiger partial charge in [-0.05, 0) is 55.5 Å². The molecule has 0 radical (unpaired) electrons. The molecular formula is C23H26N4O. The normalized spacial score (nSPS) is 10.6. The van der Waals surface area contributed by atoms with E-state index in [0.717, 1.165) is 40.9 Å². The minimum Gasteiger partial charge on any atom is -0.312 e. The molecule has 5 heteroatoms. The number of anilines is 1. The Hall–Kier alpha value is -3.08. The largest absolute Gasteiger partial charge is 0.312 e. The van der Waals surface area contributed by atoms with Crippen LogP contribution in [0, 0.1) is 13.8 Å². The number of benzene rings is 1. The van der Waals surface area contributed by atoms with E-state index in [0.29, 0.717) is 19.4 Å². The van der Waals surface area contributed by atoms with Gasteiger partial charge in [0.15, 0.2) is 0 Å². The highest BCUT2D eigenvalue weighted by atomic mass is 16.2. The van der Waals surface area contributed by atoms with Gasteiger partial charge < -0.3 is 4.90 Å². The van der Waals surface area contributed by atoms with Gasteiger partial charge in [0.1, 0.15) is 6.33 Å². The van der Waals surface area contributed by atoms with E-state index in [9.17, 15) is 4.79 Å². The highest BCUT2D eigenvalue weighted by Crippen LogP contribution is 2.26. The third-order valence-electron chi connectivity index (χ3n) is 4.82. The number of para-hydroxylation sites is 1. The molecule has 0 N–H and O–H groups in total. The summed E-state index contributed by atoms with van der Waals surface area (Å²) in [6.45, 7) is 4.72. The molecule has 0 fully saturated rings. The molecule has 0 aliphatic heterocycles. The number of amides is 1. The van der Waals surface area contributed by atoms with Crippen LogP contribution in [0.5, 0.6) is 0 Å². The monoisotopic (exact) mass is 374 g/mol. The highest BCUT2D eigenvalue weighted by molar-refractivity contribution is 5.95. The molecule has 1 aromatic carbocycles. The van der Waals surface area contributed by atoms with E-state index >= 15 is 0 Å². The van der Waals surface area contributed by atoms with Crippen LogP contribution in [0.1, 0.15) is 35.2 Å². The van der Waals surface area contributed by atoms with Crippen molar-refractivity contribution in [1.29, 1.82) is 0 Å². The lowest BCUT2D eigenvalue weighted by Gasteiger charge is -2.26. The molecule has 28 heavy (non-hydrogen) atoms. The molecule has 0 saturated carbocycles. The first-order chi connectivity index (χ1) is 13.6. The van der Waals surface area contributed by atoms with Crippen LogP contribution < -0.4 is 4.90 Å². The predicted octanol–water partition coefficient (Wildman–Crippen LogP) is 4.09. The smallest absolute Gasteiger partial charge is 0.227 e. The summed E-state index contributed by atoms with van der Waals surface area (Å²) in [6.07, 6.45) is 9.78. The molecule has 0 spiro atoms. The van der Waals surface area contributed by atoms with E-state index in [1.165, 1.54) is 0 Å². The Labute approximate surface area is 166 Å². The zero-order valence-corrected chi connectivity index (χ0v) is 16.5. The molecule has 144 valence electrons. The second-order valence-electron chi connectivity index (χ2n) is 6.95. The Morgan fingerprint density at radius 2 is 1.79 bits per heavy atom. The first kappa shape index (κ1) is 19.7. The number of hydrogen-bond donors (Lipinski definition) is 0. The average Bonchev–Trinajstić information content (AvgIpc) is 2.71. The van der Waals surface area contributed by atoms with Gasteiger partial charge in [0.05, 0.1) is 0 Å². The molecule has 1 amide bonds. The maximum absolute atomic E-state index is 13.1. The Bertz CT molecular complexity index is 877. The fraction of sp³-hybridized carbons (Fsp3) is 0.304. The fourth-order valence-corrected chi connectivity index (χ4v) is 3.41. The van der Waals surface area contributed by atoms with Crippen LogP contribution in [0.15, 0.2) is 61.3 Å². The van der Waals surface area contributed by atoms with Gasteiger partial charge in [-0.2, -0.15) is 0 Å². The van der Waals surface area contributed by atoms with Crippen molar-refractivity contribution in [2.24, 2.45) is 0 Å². The number of hydrogen-bond acceptors (Lipinski definition) is 4. The third kappa shape index (κ3) is 5.22. The number of aryl methyl sites for hydroxylation is 3. The van der Waals surface area contributed by atoms with E-state index < -0.39 is 0 Å². The van der Waals surface area contributed by atoms with Crippen LogP contribution in [0.3, 0.4) is 0 Å². The van der Waals surface area contributed by atoms with Crippen LogP contribution in [0.2, 0.25) is 0 Å². The second-order valence-corrected chi connectivity index (χ2v) is 6.95. The van der Waals surface area contributed by atoms with Gasteiger partial charge in [0, 0.05) is 49.4 Å². The number of carbonyl (C=O) groups is 1. The van der Waals surface area contributed by atoms with Crippen molar-refractivity contribution >= 4 is 11.6 Å². The Balaban J connectivity index is 1.72. The molecular weight excluding hydrogens is 348 g/mol. The molecule has 3 rings (SSSR count). The van der Waals surface area contributed by atoms with Crippen LogP contribution in [-0.2, 0) is 17.6 Å². The molecule has 5 nitrogen and oxygen atoms in total. The molecule has 3 aromatic rings. The van der Waals surface area contributed by atoms with Gasteiger partial charge in [-0.3, -0.25) is 9.78 Å². The number of rotatable bonds is 8. The minimum absolute atomic E-state index is 0.148. The van der Waals surface area contributed by atoms with Crippen molar-refractivity contribution in [3.8, 4) is 0 Å². The second kappa shape index (κ2) is 9.74. The Kier molecular flexibility index (Phi) is 6.84. The minimum atomic E-state index is 0.148. The summed E-state index contributed by atoms with van der Waals surface area (Å²) in [4.78, 5) is 27.5. The van der Waals surface area contributed by atoms with Gasteiger partial charge in [-0.15, -0.1) is 0 Å². The van der Waals surface area contributed by atoms with E-state index in [1.54, 1.807) is 18.7 Å². The van der Waals surface area contributed by atoms with Gasteiger partial charge in [0.25, 0.3) is 0 Å². The summed E-state index contributed by atoms with van der Waals surface area (Å²) in [7, 11) is 0. The summed E-state index contributed by atoms with van der Waals surface area (Å²) in [5.41, 5.74) is 5.35. The number of carbonyl (C=O) groups excluding carboxylic acids is 1. The molecule has 0 aliphatic carbocycles. The Morgan fingerprint density at radius 1 is 0.964 bits per heavy atom. The highest BCUT2D eigenvalue weighted by Gasteiger charge is 2.19. The summed E-state index contributed by atoms with van der Waals surface area (Å²) in [5.74, 6) is 0.148. The standard InChI is InChI=1S/C23H26N4O/c1-18-6-3-7-19(2)23(18)27(15-12-21-11-14-25-17-26-21)22(28)10-4-8-20-9-5-13-24-16-20/h3,5-7,9,11,13-14,16-17H,4,8,10,12,15H2,1-2H3. The lowest BCUT2D eigenvalue weighted by Crippen LogP contribution is -2.34. The van der Waals surface area contributed by atoms with Crippen molar-refractivity contribution in [2.45, 2.75) is 39.5 Å². The van der Waals surface area contributed by atoms with E-state index in [4.69, 9.17) is 0 Å². The maximum Gasteiger partial charge on any atom is 0.227 e. The van der Waals surface area contributed by atoms with Gasteiger partial charge >= 0.3 is 0 Å². The summed E-state index contributed by atoms with van der Waals surface area (Å²) >= 11 is 0. The summed E-state index contributed by atoms with van der Waals surface area (Å²) < 4.78 is 0.